The summed E-state index contributed by atoms with van der Waals surface area (Å²) >= 11 is 0. The van der Waals surface area contributed by atoms with Gasteiger partial charge in [0, 0.05) is 6.61 Å². The van der Waals surface area contributed by atoms with Gasteiger partial charge < -0.3 is 14.2 Å². The molecule has 3 nitrogen and oxygen atoms in total. The molecule has 18 heavy (non-hydrogen) atoms. The molecule has 2 fully saturated rings. The Kier molecular flexibility index (Phi) is 3.52. The number of rotatable bonds is 7. The average Bonchev–Trinajstić information content (AvgIpc) is 3.27. The highest BCUT2D eigenvalue weighted by molar-refractivity contribution is 5.27. The van der Waals surface area contributed by atoms with Crippen molar-refractivity contribution in [2.75, 3.05) is 13.2 Å². The molecule has 1 saturated carbocycles. The average molecular weight is 248 g/mol. The van der Waals surface area contributed by atoms with Gasteiger partial charge >= 0.3 is 0 Å². The Labute approximate surface area is 108 Å². The third kappa shape index (κ3) is 3.47. The van der Waals surface area contributed by atoms with Crippen molar-refractivity contribution in [3.63, 3.8) is 0 Å². The standard InChI is InChI=1S/C15H20O3/c1-11-15(17-11)18-14-6-4-12(5-7-14)8-9-16-10-13-2-3-13/h4-7,11,13,15H,2-3,8-10H2,1H3. The van der Waals surface area contributed by atoms with Crippen LogP contribution in [0.5, 0.6) is 5.75 Å². The van der Waals surface area contributed by atoms with Crippen LogP contribution in [0.25, 0.3) is 0 Å². The van der Waals surface area contributed by atoms with Crippen molar-refractivity contribution in [1.82, 2.24) is 0 Å². The molecule has 2 unspecified atom stereocenters. The Morgan fingerprint density at radius 1 is 1.22 bits per heavy atom. The van der Waals surface area contributed by atoms with Crippen molar-refractivity contribution in [2.24, 2.45) is 5.92 Å². The molecule has 0 aromatic heterocycles. The zero-order chi connectivity index (χ0) is 12.4. The maximum Gasteiger partial charge on any atom is 0.226 e. The van der Waals surface area contributed by atoms with Crippen LogP contribution in [0.4, 0.5) is 0 Å². The fourth-order valence-electron chi connectivity index (χ4n) is 1.88. The summed E-state index contributed by atoms with van der Waals surface area (Å²) in [6, 6.07) is 8.21. The Hall–Kier alpha value is -1.06. The molecule has 1 aromatic rings. The largest absolute Gasteiger partial charge is 0.462 e. The van der Waals surface area contributed by atoms with Crippen LogP contribution >= 0.6 is 0 Å². The molecule has 2 aliphatic rings. The van der Waals surface area contributed by atoms with Gasteiger partial charge in [-0.05, 0) is 49.8 Å². The van der Waals surface area contributed by atoms with Gasteiger partial charge in [-0.3, -0.25) is 0 Å². The molecule has 1 saturated heterocycles. The van der Waals surface area contributed by atoms with E-state index in [9.17, 15) is 0 Å². The van der Waals surface area contributed by atoms with Crippen LogP contribution in [0.3, 0.4) is 0 Å². The third-order valence-electron chi connectivity index (χ3n) is 3.42. The van der Waals surface area contributed by atoms with Gasteiger partial charge in [-0.25, -0.2) is 0 Å². The van der Waals surface area contributed by atoms with E-state index in [1.165, 1.54) is 18.4 Å². The van der Waals surface area contributed by atoms with Gasteiger partial charge in [-0.15, -0.1) is 0 Å². The number of epoxide rings is 1. The summed E-state index contributed by atoms with van der Waals surface area (Å²) in [5, 5.41) is 0. The second kappa shape index (κ2) is 5.29. The second-order valence-corrected chi connectivity index (χ2v) is 5.24. The van der Waals surface area contributed by atoms with Crippen LogP contribution in [-0.2, 0) is 15.9 Å². The van der Waals surface area contributed by atoms with Crippen molar-refractivity contribution in [3.8, 4) is 5.75 Å². The zero-order valence-electron chi connectivity index (χ0n) is 10.8. The van der Waals surface area contributed by atoms with Gasteiger partial charge in [0.2, 0.25) is 6.29 Å². The highest BCUT2D eigenvalue weighted by Crippen LogP contribution is 2.29. The summed E-state index contributed by atoms with van der Waals surface area (Å²) < 4.78 is 16.5. The monoisotopic (exact) mass is 248 g/mol. The molecule has 0 amide bonds. The molecule has 98 valence electrons. The molecule has 3 heteroatoms. The Morgan fingerprint density at radius 3 is 2.56 bits per heavy atom. The molecule has 1 heterocycles. The quantitative estimate of drug-likeness (QED) is 0.549. The molecular weight excluding hydrogens is 228 g/mol. The first-order valence-electron chi connectivity index (χ1n) is 6.80. The van der Waals surface area contributed by atoms with E-state index in [4.69, 9.17) is 14.2 Å². The minimum Gasteiger partial charge on any atom is -0.462 e. The minimum absolute atomic E-state index is 0.0438. The van der Waals surface area contributed by atoms with E-state index < -0.39 is 0 Å². The normalized spacial score (nSPS) is 26.1. The fourth-order valence-corrected chi connectivity index (χ4v) is 1.88. The summed E-state index contributed by atoms with van der Waals surface area (Å²) in [5.74, 6) is 1.73. The number of hydrogen-bond donors (Lipinski definition) is 0. The van der Waals surface area contributed by atoms with E-state index in [0.717, 1.165) is 31.3 Å². The lowest BCUT2D eigenvalue weighted by Gasteiger charge is -2.05. The summed E-state index contributed by atoms with van der Waals surface area (Å²) in [7, 11) is 0. The van der Waals surface area contributed by atoms with Crippen LogP contribution in [0.15, 0.2) is 24.3 Å². The fraction of sp³-hybridized carbons (Fsp3) is 0.600. The minimum atomic E-state index is -0.0438. The SMILES string of the molecule is CC1OC1Oc1ccc(CCOCC2CC2)cc1. The third-order valence-corrected chi connectivity index (χ3v) is 3.42. The molecule has 0 N–H and O–H groups in total. The topological polar surface area (TPSA) is 31.0 Å². The van der Waals surface area contributed by atoms with Gasteiger partial charge in [-0.2, -0.15) is 0 Å². The molecule has 1 aliphatic carbocycles. The van der Waals surface area contributed by atoms with E-state index >= 15 is 0 Å². The van der Waals surface area contributed by atoms with E-state index in [-0.39, 0.29) is 12.4 Å². The Balaban J connectivity index is 1.39. The summed E-state index contributed by atoms with van der Waals surface area (Å²) in [4.78, 5) is 0. The predicted molar refractivity (Wildman–Crippen MR) is 68.7 cm³/mol. The van der Waals surface area contributed by atoms with Crippen LogP contribution in [0.2, 0.25) is 0 Å². The van der Waals surface area contributed by atoms with Crippen molar-refractivity contribution in [2.45, 2.75) is 38.6 Å². The molecule has 1 aliphatic heterocycles. The molecule has 0 bridgehead atoms. The van der Waals surface area contributed by atoms with Crippen LogP contribution in [-0.4, -0.2) is 25.6 Å². The second-order valence-electron chi connectivity index (χ2n) is 5.24. The van der Waals surface area contributed by atoms with Gasteiger partial charge in [0.05, 0.1) is 6.61 Å². The predicted octanol–water partition coefficient (Wildman–Crippen LogP) is 2.78. The van der Waals surface area contributed by atoms with Gasteiger partial charge in [0.15, 0.2) is 0 Å². The Morgan fingerprint density at radius 2 is 1.94 bits per heavy atom. The zero-order valence-corrected chi connectivity index (χ0v) is 10.8. The number of benzene rings is 1. The van der Waals surface area contributed by atoms with Crippen LogP contribution < -0.4 is 4.74 Å². The van der Waals surface area contributed by atoms with Crippen molar-refractivity contribution in [3.05, 3.63) is 29.8 Å². The first kappa shape index (κ1) is 12.0. The Bertz CT molecular complexity index is 383. The molecule has 0 spiro atoms. The van der Waals surface area contributed by atoms with Gasteiger partial charge in [0.1, 0.15) is 11.9 Å². The van der Waals surface area contributed by atoms with Crippen LogP contribution in [0.1, 0.15) is 25.3 Å². The lowest BCUT2D eigenvalue weighted by atomic mass is 10.1. The summed E-state index contributed by atoms with van der Waals surface area (Å²) in [5.41, 5.74) is 1.29. The molecule has 3 rings (SSSR count). The van der Waals surface area contributed by atoms with E-state index in [2.05, 4.69) is 12.1 Å². The van der Waals surface area contributed by atoms with Crippen molar-refractivity contribution in [1.29, 1.82) is 0 Å². The number of hydrogen-bond acceptors (Lipinski definition) is 3. The van der Waals surface area contributed by atoms with E-state index in [1.807, 2.05) is 19.1 Å². The van der Waals surface area contributed by atoms with Gasteiger partial charge in [-0.1, -0.05) is 12.1 Å². The van der Waals surface area contributed by atoms with Crippen LogP contribution in [0, 0.1) is 5.92 Å². The summed E-state index contributed by atoms with van der Waals surface area (Å²) in [6.45, 7) is 3.77. The molecule has 1 aromatic carbocycles. The maximum absolute atomic E-state index is 5.63. The highest BCUT2D eigenvalue weighted by Gasteiger charge is 2.36. The first-order chi connectivity index (χ1) is 8.81. The lowest BCUT2D eigenvalue weighted by molar-refractivity contribution is 0.127. The van der Waals surface area contributed by atoms with Crippen molar-refractivity contribution < 1.29 is 14.2 Å². The maximum atomic E-state index is 5.63. The summed E-state index contributed by atoms with van der Waals surface area (Å²) in [6.07, 6.45) is 3.88. The van der Waals surface area contributed by atoms with Crippen molar-refractivity contribution >= 4 is 0 Å². The first-order valence-corrected chi connectivity index (χ1v) is 6.80. The van der Waals surface area contributed by atoms with E-state index in [1.54, 1.807) is 0 Å². The van der Waals surface area contributed by atoms with E-state index in [0.29, 0.717) is 0 Å². The molecule has 0 radical (unpaired) electrons. The number of ether oxygens (including phenoxy) is 3. The van der Waals surface area contributed by atoms with Gasteiger partial charge in [0.25, 0.3) is 0 Å². The molecule has 2 atom stereocenters. The smallest absolute Gasteiger partial charge is 0.226 e. The highest BCUT2D eigenvalue weighted by atomic mass is 16.8. The lowest BCUT2D eigenvalue weighted by Crippen LogP contribution is -2.03. The molecular formula is C15H20O3.